The summed E-state index contributed by atoms with van der Waals surface area (Å²) in [7, 11) is -2.99. The normalized spacial score (nSPS) is 27.0. The molecule has 1 aliphatic carbocycles. The molecule has 1 fully saturated rings. The molecule has 0 aromatic heterocycles. The Labute approximate surface area is 151 Å². The van der Waals surface area contributed by atoms with Crippen molar-refractivity contribution in [3.63, 3.8) is 0 Å². The first-order chi connectivity index (χ1) is 11.9. The molecule has 0 radical (unpaired) electrons. The standard InChI is InChI=1S/C22H27O2P/c1-17(2)18-14-15-22(3,23)21(16-18)25(24,19-10-6-4-7-11-19)20-12-8-5-9-13-20/h4-13,18,21,23H,1,14-16H2,2-3H3/t18-,21+,22+/m0/s1. The highest BCUT2D eigenvalue weighted by Gasteiger charge is 2.50. The molecule has 0 saturated heterocycles. The van der Waals surface area contributed by atoms with Crippen molar-refractivity contribution in [1.29, 1.82) is 0 Å². The van der Waals surface area contributed by atoms with Crippen LogP contribution >= 0.6 is 7.14 Å². The van der Waals surface area contributed by atoms with Crippen molar-refractivity contribution >= 4 is 17.8 Å². The van der Waals surface area contributed by atoms with Gasteiger partial charge in [-0.05, 0) is 39.0 Å². The largest absolute Gasteiger partial charge is 0.389 e. The fraction of sp³-hybridized carbons (Fsp3) is 0.364. The maximum atomic E-state index is 14.6. The van der Waals surface area contributed by atoms with E-state index in [1.807, 2.05) is 74.5 Å². The van der Waals surface area contributed by atoms with E-state index in [-0.39, 0.29) is 5.66 Å². The predicted molar refractivity (Wildman–Crippen MR) is 106 cm³/mol. The zero-order valence-corrected chi connectivity index (χ0v) is 16.0. The second kappa shape index (κ2) is 6.94. The summed E-state index contributed by atoms with van der Waals surface area (Å²) in [4.78, 5) is 0. The lowest BCUT2D eigenvalue weighted by molar-refractivity contribution is 0.0166. The Morgan fingerprint density at radius 1 is 1.08 bits per heavy atom. The predicted octanol–water partition coefficient (Wildman–Crippen LogP) is 4.50. The van der Waals surface area contributed by atoms with E-state index in [1.54, 1.807) is 0 Å². The fourth-order valence-corrected chi connectivity index (χ4v) is 7.78. The average Bonchev–Trinajstić information content (AvgIpc) is 2.62. The van der Waals surface area contributed by atoms with Crippen LogP contribution in [0.2, 0.25) is 0 Å². The van der Waals surface area contributed by atoms with Crippen LogP contribution in [0, 0.1) is 5.92 Å². The number of hydrogen-bond donors (Lipinski definition) is 1. The molecule has 132 valence electrons. The molecule has 0 amide bonds. The molecule has 2 aromatic carbocycles. The van der Waals surface area contributed by atoms with E-state index in [0.29, 0.717) is 18.8 Å². The Morgan fingerprint density at radius 3 is 2.00 bits per heavy atom. The van der Waals surface area contributed by atoms with Crippen molar-refractivity contribution in [2.24, 2.45) is 5.92 Å². The summed E-state index contributed by atoms with van der Waals surface area (Å²) >= 11 is 0. The molecule has 1 saturated carbocycles. The number of benzene rings is 2. The van der Waals surface area contributed by atoms with Gasteiger partial charge in [-0.25, -0.2) is 0 Å². The van der Waals surface area contributed by atoms with E-state index >= 15 is 0 Å². The van der Waals surface area contributed by atoms with Gasteiger partial charge < -0.3 is 9.67 Å². The molecule has 2 aromatic rings. The van der Waals surface area contributed by atoms with Gasteiger partial charge in [0.1, 0.15) is 7.14 Å². The summed E-state index contributed by atoms with van der Waals surface area (Å²) in [5.74, 6) is 0.311. The van der Waals surface area contributed by atoms with Crippen LogP contribution in [-0.4, -0.2) is 16.4 Å². The highest BCUT2D eigenvalue weighted by molar-refractivity contribution is 7.79. The van der Waals surface area contributed by atoms with Crippen molar-refractivity contribution in [3.8, 4) is 0 Å². The van der Waals surface area contributed by atoms with Crippen molar-refractivity contribution < 1.29 is 9.67 Å². The molecule has 3 heteroatoms. The third-order valence-electron chi connectivity index (χ3n) is 5.64. The summed E-state index contributed by atoms with van der Waals surface area (Å²) in [5, 5.41) is 12.8. The number of rotatable bonds is 4. The SMILES string of the molecule is C=C(C)[C@H]1CC[C@@](C)(O)[C@H](P(=O)(c2ccccc2)c2ccccc2)C1. The van der Waals surface area contributed by atoms with E-state index in [2.05, 4.69) is 6.58 Å². The van der Waals surface area contributed by atoms with E-state index in [4.69, 9.17) is 0 Å². The quantitative estimate of drug-likeness (QED) is 0.648. The summed E-state index contributed by atoms with van der Waals surface area (Å²) < 4.78 is 14.6. The van der Waals surface area contributed by atoms with E-state index in [9.17, 15) is 9.67 Å². The summed E-state index contributed by atoms with van der Waals surface area (Å²) in [6.07, 6.45) is 2.27. The average molecular weight is 354 g/mol. The first kappa shape index (κ1) is 18.2. The van der Waals surface area contributed by atoms with Crippen LogP contribution in [0.15, 0.2) is 72.8 Å². The number of aliphatic hydroxyl groups is 1. The van der Waals surface area contributed by atoms with Gasteiger partial charge in [0, 0.05) is 16.3 Å². The molecule has 0 unspecified atom stereocenters. The summed E-state index contributed by atoms with van der Waals surface area (Å²) in [6, 6.07) is 19.4. The first-order valence-corrected chi connectivity index (χ1v) is 10.7. The molecule has 0 spiro atoms. The van der Waals surface area contributed by atoms with Gasteiger partial charge in [-0.3, -0.25) is 0 Å². The minimum atomic E-state index is -2.99. The Kier molecular flexibility index (Phi) is 5.04. The molecule has 1 aliphatic rings. The van der Waals surface area contributed by atoms with Gasteiger partial charge in [0.25, 0.3) is 0 Å². The van der Waals surface area contributed by atoms with Crippen molar-refractivity contribution in [3.05, 3.63) is 72.8 Å². The lowest BCUT2D eigenvalue weighted by Crippen LogP contribution is -2.48. The van der Waals surface area contributed by atoms with Gasteiger partial charge in [0.05, 0.1) is 5.60 Å². The third kappa shape index (κ3) is 3.38. The topological polar surface area (TPSA) is 37.3 Å². The molecule has 1 N–H and O–H groups in total. The fourth-order valence-electron chi connectivity index (χ4n) is 4.07. The van der Waals surface area contributed by atoms with Gasteiger partial charge in [-0.2, -0.15) is 0 Å². The molecule has 0 heterocycles. The number of hydrogen-bond acceptors (Lipinski definition) is 2. The zero-order chi connectivity index (χ0) is 18.1. The summed E-state index contributed by atoms with van der Waals surface area (Å²) in [5.41, 5.74) is -0.138. The van der Waals surface area contributed by atoms with Gasteiger partial charge in [-0.15, -0.1) is 0 Å². The van der Waals surface area contributed by atoms with Crippen molar-refractivity contribution in [2.75, 3.05) is 0 Å². The lowest BCUT2D eigenvalue weighted by Gasteiger charge is -2.45. The van der Waals surface area contributed by atoms with Crippen LogP contribution < -0.4 is 10.6 Å². The van der Waals surface area contributed by atoms with Crippen LogP contribution in [0.4, 0.5) is 0 Å². The second-order valence-electron chi connectivity index (χ2n) is 7.52. The van der Waals surface area contributed by atoms with Crippen LogP contribution in [0.25, 0.3) is 0 Å². The van der Waals surface area contributed by atoms with Gasteiger partial charge in [0.2, 0.25) is 0 Å². The zero-order valence-electron chi connectivity index (χ0n) is 15.1. The number of allylic oxidation sites excluding steroid dienone is 1. The molecular weight excluding hydrogens is 327 g/mol. The first-order valence-electron chi connectivity index (χ1n) is 8.94. The smallest absolute Gasteiger partial charge is 0.149 e. The van der Waals surface area contributed by atoms with E-state index < -0.39 is 12.7 Å². The third-order valence-corrected chi connectivity index (χ3v) is 9.42. The van der Waals surface area contributed by atoms with Gasteiger partial charge in [0.15, 0.2) is 0 Å². The monoisotopic (exact) mass is 354 g/mol. The molecule has 0 aliphatic heterocycles. The highest BCUT2D eigenvalue weighted by Crippen LogP contribution is 2.58. The molecule has 3 atom stereocenters. The van der Waals surface area contributed by atoms with Crippen LogP contribution in [0.1, 0.15) is 33.1 Å². The van der Waals surface area contributed by atoms with E-state index in [1.165, 1.54) is 0 Å². The second-order valence-corrected chi connectivity index (χ2v) is 10.5. The highest BCUT2D eigenvalue weighted by atomic mass is 31.2. The molecule has 2 nitrogen and oxygen atoms in total. The maximum Gasteiger partial charge on any atom is 0.149 e. The molecule has 0 bridgehead atoms. The van der Waals surface area contributed by atoms with Crippen molar-refractivity contribution in [1.82, 2.24) is 0 Å². The van der Waals surface area contributed by atoms with Crippen LogP contribution in [0.3, 0.4) is 0 Å². The molecule has 25 heavy (non-hydrogen) atoms. The Morgan fingerprint density at radius 2 is 1.56 bits per heavy atom. The minimum absolute atomic E-state index is 0.305. The Hall–Kier alpha value is -1.63. The van der Waals surface area contributed by atoms with Crippen molar-refractivity contribution in [2.45, 2.75) is 44.4 Å². The summed E-state index contributed by atoms with van der Waals surface area (Å²) in [6.45, 7) is 8.01. The van der Waals surface area contributed by atoms with Crippen LogP contribution in [-0.2, 0) is 4.57 Å². The molecular formula is C22H27O2P. The Balaban J connectivity index is 2.17. The maximum absolute atomic E-state index is 14.6. The lowest BCUT2D eigenvalue weighted by atomic mass is 9.77. The van der Waals surface area contributed by atoms with Crippen LogP contribution in [0.5, 0.6) is 0 Å². The Bertz CT molecular complexity index is 737. The van der Waals surface area contributed by atoms with Gasteiger partial charge >= 0.3 is 0 Å². The molecule has 3 rings (SSSR count). The van der Waals surface area contributed by atoms with Gasteiger partial charge in [-0.1, -0.05) is 72.8 Å². The minimum Gasteiger partial charge on any atom is -0.389 e. The van der Waals surface area contributed by atoms with E-state index in [0.717, 1.165) is 22.6 Å².